The molecule has 2 heteroatoms. The summed E-state index contributed by atoms with van der Waals surface area (Å²) in [5, 5.41) is 18.2. The molecule has 0 aromatic rings. The van der Waals surface area contributed by atoms with E-state index in [0.717, 1.165) is 44.9 Å². The molecule has 0 aromatic heterocycles. The van der Waals surface area contributed by atoms with E-state index < -0.39 is 0 Å². The summed E-state index contributed by atoms with van der Waals surface area (Å²) in [5.74, 6) is 0. The van der Waals surface area contributed by atoms with Gasteiger partial charge in [-0.1, -0.05) is 33.1 Å². The zero-order chi connectivity index (χ0) is 10.9. The molecule has 0 atom stereocenters. The number of aliphatic hydroxyl groups is 2. The SMILES string of the molecule is CCCC(CO)(CCC)CCCCO. The molecule has 0 aliphatic rings. The Labute approximate surface area is 88.3 Å². The van der Waals surface area contributed by atoms with E-state index in [1.807, 2.05) is 0 Å². The average molecular weight is 202 g/mol. The van der Waals surface area contributed by atoms with Crippen molar-refractivity contribution >= 4 is 0 Å². The Morgan fingerprint density at radius 2 is 1.43 bits per heavy atom. The van der Waals surface area contributed by atoms with Crippen LogP contribution in [0.4, 0.5) is 0 Å². The van der Waals surface area contributed by atoms with Crippen molar-refractivity contribution in [2.75, 3.05) is 13.2 Å². The highest BCUT2D eigenvalue weighted by Gasteiger charge is 2.26. The van der Waals surface area contributed by atoms with Gasteiger partial charge in [-0.15, -0.1) is 0 Å². The first kappa shape index (κ1) is 13.9. The minimum Gasteiger partial charge on any atom is -0.396 e. The molecule has 0 aliphatic carbocycles. The van der Waals surface area contributed by atoms with Gasteiger partial charge in [0.05, 0.1) is 0 Å². The van der Waals surface area contributed by atoms with Gasteiger partial charge in [0.25, 0.3) is 0 Å². The maximum atomic E-state index is 9.48. The second-order valence-electron chi connectivity index (χ2n) is 4.34. The first-order chi connectivity index (χ1) is 6.74. The van der Waals surface area contributed by atoms with Gasteiger partial charge in [-0.25, -0.2) is 0 Å². The van der Waals surface area contributed by atoms with Gasteiger partial charge in [0.15, 0.2) is 0 Å². The predicted molar refractivity (Wildman–Crippen MR) is 60.3 cm³/mol. The second-order valence-corrected chi connectivity index (χ2v) is 4.34. The zero-order valence-electron chi connectivity index (χ0n) is 9.76. The van der Waals surface area contributed by atoms with E-state index in [-0.39, 0.29) is 12.0 Å². The molecule has 0 aliphatic heterocycles. The number of aliphatic hydroxyl groups excluding tert-OH is 2. The van der Waals surface area contributed by atoms with Crippen LogP contribution in [0.5, 0.6) is 0 Å². The number of rotatable bonds is 9. The van der Waals surface area contributed by atoms with Crippen LogP contribution in [0.15, 0.2) is 0 Å². The third kappa shape index (κ3) is 4.97. The van der Waals surface area contributed by atoms with E-state index in [1.54, 1.807) is 0 Å². The summed E-state index contributed by atoms with van der Waals surface area (Å²) in [7, 11) is 0. The number of hydrogen-bond acceptors (Lipinski definition) is 2. The molecule has 0 radical (unpaired) electrons. The molecule has 0 fully saturated rings. The van der Waals surface area contributed by atoms with Crippen LogP contribution in [-0.2, 0) is 0 Å². The van der Waals surface area contributed by atoms with E-state index in [1.165, 1.54) is 0 Å². The van der Waals surface area contributed by atoms with Crippen LogP contribution in [0, 0.1) is 5.41 Å². The predicted octanol–water partition coefficient (Wildman–Crippen LogP) is 2.73. The van der Waals surface area contributed by atoms with Gasteiger partial charge in [-0.05, 0) is 31.1 Å². The van der Waals surface area contributed by atoms with Crippen molar-refractivity contribution in [2.24, 2.45) is 5.41 Å². The standard InChI is InChI=1S/C12H26O2/c1-3-7-12(11-14,8-4-2)9-5-6-10-13/h13-14H,3-11H2,1-2H3. The lowest BCUT2D eigenvalue weighted by Crippen LogP contribution is -2.25. The Bertz CT molecular complexity index is 117. The first-order valence-corrected chi connectivity index (χ1v) is 5.96. The van der Waals surface area contributed by atoms with Crippen molar-refractivity contribution in [1.82, 2.24) is 0 Å². The van der Waals surface area contributed by atoms with Gasteiger partial charge in [-0.2, -0.15) is 0 Å². The molecule has 0 aromatic carbocycles. The van der Waals surface area contributed by atoms with E-state index >= 15 is 0 Å². The fraction of sp³-hybridized carbons (Fsp3) is 1.00. The number of unbranched alkanes of at least 4 members (excludes halogenated alkanes) is 1. The van der Waals surface area contributed by atoms with E-state index in [4.69, 9.17) is 5.11 Å². The molecule has 14 heavy (non-hydrogen) atoms. The summed E-state index contributed by atoms with van der Waals surface area (Å²) < 4.78 is 0. The Morgan fingerprint density at radius 3 is 1.79 bits per heavy atom. The molecule has 0 saturated carbocycles. The fourth-order valence-electron chi connectivity index (χ4n) is 2.28. The molecule has 0 heterocycles. The van der Waals surface area contributed by atoms with Crippen LogP contribution < -0.4 is 0 Å². The Morgan fingerprint density at radius 1 is 0.857 bits per heavy atom. The van der Waals surface area contributed by atoms with Crippen LogP contribution in [0.1, 0.15) is 58.8 Å². The van der Waals surface area contributed by atoms with Gasteiger partial charge >= 0.3 is 0 Å². The van der Waals surface area contributed by atoms with Crippen molar-refractivity contribution in [3.05, 3.63) is 0 Å². The lowest BCUT2D eigenvalue weighted by atomic mass is 9.76. The molecule has 2 N–H and O–H groups in total. The van der Waals surface area contributed by atoms with Crippen molar-refractivity contribution in [3.8, 4) is 0 Å². The molecule has 0 bridgehead atoms. The van der Waals surface area contributed by atoms with E-state index in [0.29, 0.717) is 6.61 Å². The van der Waals surface area contributed by atoms with Crippen molar-refractivity contribution in [2.45, 2.75) is 58.8 Å². The summed E-state index contributed by atoms with van der Waals surface area (Å²) in [5.41, 5.74) is 0.138. The number of hydrogen-bond donors (Lipinski definition) is 2. The van der Waals surface area contributed by atoms with Crippen molar-refractivity contribution in [3.63, 3.8) is 0 Å². The van der Waals surface area contributed by atoms with Crippen LogP contribution in [0.2, 0.25) is 0 Å². The summed E-state index contributed by atoms with van der Waals surface area (Å²) in [4.78, 5) is 0. The van der Waals surface area contributed by atoms with Gasteiger partial charge in [0, 0.05) is 13.2 Å². The second kappa shape index (κ2) is 8.25. The van der Waals surface area contributed by atoms with Crippen molar-refractivity contribution < 1.29 is 10.2 Å². The summed E-state index contributed by atoms with van der Waals surface area (Å²) >= 11 is 0. The largest absolute Gasteiger partial charge is 0.396 e. The van der Waals surface area contributed by atoms with Gasteiger partial charge in [0.1, 0.15) is 0 Å². The topological polar surface area (TPSA) is 40.5 Å². The third-order valence-corrected chi connectivity index (χ3v) is 3.01. The molecule has 0 saturated heterocycles. The van der Waals surface area contributed by atoms with Crippen LogP contribution in [0.25, 0.3) is 0 Å². The summed E-state index contributed by atoms with van der Waals surface area (Å²) in [6.45, 7) is 4.93. The van der Waals surface area contributed by atoms with Gasteiger partial charge < -0.3 is 10.2 Å². The lowest BCUT2D eigenvalue weighted by molar-refractivity contribution is 0.0884. The van der Waals surface area contributed by atoms with Crippen molar-refractivity contribution in [1.29, 1.82) is 0 Å². The minimum atomic E-state index is 0.138. The smallest absolute Gasteiger partial charge is 0.0487 e. The lowest BCUT2D eigenvalue weighted by Gasteiger charge is -2.31. The molecule has 0 unspecified atom stereocenters. The van der Waals surface area contributed by atoms with Gasteiger partial charge in [0.2, 0.25) is 0 Å². The zero-order valence-corrected chi connectivity index (χ0v) is 9.76. The van der Waals surface area contributed by atoms with Crippen LogP contribution in [-0.4, -0.2) is 23.4 Å². The molecular formula is C12H26O2. The molecule has 2 nitrogen and oxygen atoms in total. The maximum Gasteiger partial charge on any atom is 0.0487 e. The molecule has 86 valence electrons. The first-order valence-electron chi connectivity index (χ1n) is 5.96. The Kier molecular flexibility index (Phi) is 8.20. The summed E-state index contributed by atoms with van der Waals surface area (Å²) in [6.07, 6.45) is 7.48. The molecular weight excluding hydrogens is 176 g/mol. The third-order valence-electron chi connectivity index (χ3n) is 3.01. The Hall–Kier alpha value is -0.0800. The highest BCUT2D eigenvalue weighted by atomic mass is 16.3. The average Bonchev–Trinajstić information content (AvgIpc) is 2.19. The summed E-state index contributed by atoms with van der Waals surface area (Å²) in [6, 6.07) is 0. The highest BCUT2D eigenvalue weighted by Crippen LogP contribution is 2.34. The molecule has 0 rings (SSSR count). The quantitative estimate of drug-likeness (QED) is 0.564. The normalized spacial score (nSPS) is 12.0. The molecule has 0 amide bonds. The van der Waals surface area contributed by atoms with E-state index in [9.17, 15) is 5.11 Å². The van der Waals surface area contributed by atoms with Gasteiger partial charge in [-0.3, -0.25) is 0 Å². The molecule has 0 spiro atoms. The van der Waals surface area contributed by atoms with E-state index in [2.05, 4.69) is 13.8 Å². The minimum absolute atomic E-state index is 0.138. The fourth-order valence-corrected chi connectivity index (χ4v) is 2.28. The maximum absolute atomic E-state index is 9.48. The van der Waals surface area contributed by atoms with Crippen LogP contribution in [0.3, 0.4) is 0 Å². The monoisotopic (exact) mass is 202 g/mol. The highest BCUT2D eigenvalue weighted by molar-refractivity contribution is 4.77. The van der Waals surface area contributed by atoms with Crippen LogP contribution >= 0.6 is 0 Å². The Balaban J connectivity index is 4.03.